The first-order valence-electron chi connectivity index (χ1n) is 3.29. The van der Waals surface area contributed by atoms with Gasteiger partial charge in [0.25, 0.3) is 5.78 Å². The Morgan fingerprint density at radius 3 is 2.67 bits per heavy atom. The summed E-state index contributed by atoms with van der Waals surface area (Å²) in [7, 11) is 1.16. The van der Waals surface area contributed by atoms with Gasteiger partial charge in [-0.25, -0.2) is 4.79 Å². The van der Waals surface area contributed by atoms with Crippen molar-refractivity contribution in [2.45, 2.75) is 0 Å². The minimum Gasteiger partial charge on any atom is -0.463 e. The molecule has 0 saturated heterocycles. The maximum Gasteiger partial charge on any atom is 0.381 e. The molecule has 0 aliphatic heterocycles. The molecule has 1 aromatic rings. The van der Waals surface area contributed by atoms with Crippen molar-refractivity contribution in [3.63, 3.8) is 0 Å². The predicted octanol–water partition coefficient (Wildman–Crippen LogP) is 0.437. The molecule has 62 valence electrons. The van der Waals surface area contributed by atoms with E-state index in [-0.39, 0.29) is 5.69 Å². The number of esters is 1. The molecule has 0 fully saturated rings. The van der Waals surface area contributed by atoms with Gasteiger partial charge in [-0.05, 0) is 12.1 Å². The Balaban J connectivity index is 2.86. The Labute approximate surface area is 69.2 Å². The van der Waals surface area contributed by atoms with Gasteiger partial charge in [-0.1, -0.05) is 6.07 Å². The van der Waals surface area contributed by atoms with Crippen molar-refractivity contribution in [2.75, 3.05) is 7.11 Å². The van der Waals surface area contributed by atoms with E-state index in [2.05, 4.69) is 9.72 Å². The number of Topliss-reactive ketones (excluding diaryl/α,β-unsaturated/α-hetero) is 1. The van der Waals surface area contributed by atoms with Crippen LogP contribution in [0.2, 0.25) is 0 Å². The number of nitrogens with zero attached hydrogens (tertiary/aromatic N) is 1. The van der Waals surface area contributed by atoms with Crippen LogP contribution in [0.3, 0.4) is 0 Å². The first kappa shape index (κ1) is 8.39. The Morgan fingerprint density at radius 1 is 1.42 bits per heavy atom. The van der Waals surface area contributed by atoms with Gasteiger partial charge in [-0.3, -0.25) is 9.78 Å². The highest BCUT2D eigenvalue weighted by molar-refractivity contribution is 6.40. The third-order valence-electron chi connectivity index (χ3n) is 1.27. The summed E-state index contributed by atoms with van der Waals surface area (Å²) in [5.74, 6) is -1.62. The summed E-state index contributed by atoms with van der Waals surface area (Å²) >= 11 is 0. The van der Waals surface area contributed by atoms with Crippen LogP contribution in [0.1, 0.15) is 10.5 Å². The zero-order chi connectivity index (χ0) is 8.97. The molecule has 0 amide bonds. The van der Waals surface area contributed by atoms with Crippen LogP contribution in [0.4, 0.5) is 0 Å². The molecule has 0 bridgehead atoms. The maximum atomic E-state index is 11.0. The van der Waals surface area contributed by atoms with E-state index in [1.807, 2.05) is 0 Å². The molecule has 0 saturated carbocycles. The number of carbonyl (C=O) groups excluding carboxylic acids is 2. The monoisotopic (exact) mass is 165 g/mol. The van der Waals surface area contributed by atoms with Gasteiger partial charge < -0.3 is 4.74 Å². The SMILES string of the molecule is COC(=O)C(=O)c1ccccn1. The molecule has 0 aliphatic carbocycles. The highest BCUT2D eigenvalue weighted by Gasteiger charge is 2.16. The average Bonchev–Trinajstić information content (AvgIpc) is 2.17. The zero-order valence-electron chi connectivity index (χ0n) is 6.48. The minimum atomic E-state index is -0.895. The fraction of sp³-hybridized carbons (Fsp3) is 0.125. The molecule has 4 heteroatoms. The van der Waals surface area contributed by atoms with Crippen molar-refractivity contribution < 1.29 is 14.3 Å². The molecule has 1 heterocycles. The lowest BCUT2D eigenvalue weighted by molar-refractivity contribution is -0.135. The molecular formula is C8H7NO3. The second-order valence-electron chi connectivity index (χ2n) is 2.04. The molecule has 1 rings (SSSR count). The number of hydrogen-bond donors (Lipinski definition) is 0. The van der Waals surface area contributed by atoms with E-state index in [1.54, 1.807) is 12.1 Å². The summed E-state index contributed by atoms with van der Waals surface area (Å²) in [6.07, 6.45) is 1.44. The van der Waals surface area contributed by atoms with Crippen LogP contribution in [-0.4, -0.2) is 23.8 Å². The fourth-order valence-electron chi connectivity index (χ4n) is 0.694. The Bertz CT molecular complexity index is 294. The lowest BCUT2D eigenvalue weighted by Gasteiger charge is -1.95. The van der Waals surface area contributed by atoms with Crippen molar-refractivity contribution in [3.05, 3.63) is 30.1 Å². The summed E-state index contributed by atoms with van der Waals surface area (Å²) in [4.78, 5) is 25.4. The number of carbonyl (C=O) groups is 2. The van der Waals surface area contributed by atoms with Crippen LogP contribution < -0.4 is 0 Å². The van der Waals surface area contributed by atoms with Crippen molar-refractivity contribution >= 4 is 11.8 Å². The summed E-state index contributed by atoms with van der Waals surface area (Å²) < 4.78 is 4.24. The molecule has 1 aromatic heterocycles. The quantitative estimate of drug-likeness (QED) is 0.362. The topological polar surface area (TPSA) is 56.3 Å². The van der Waals surface area contributed by atoms with Crippen molar-refractivity contribution in [3.8, 4) is 0 Å². The van der Waals surface area contributed by atoms with Crippen LogP contribution in [0, 0.1) is 0 Å². The lowest BCUT2D eigenvalue weighted by Crippen LogP contribution is -2.16. The molecule has 4 nitrogen and oxygen atoms in total. The van der Waals surface area contributed by atoms with Gasteiger partial charge >= 0.3 is 5.97 Å². The Morgan fingerprint density at radius 2 is 2.17 bits per heavy atom. The van der Waals surface area contributed by atoms with E-state index in [0.29, 0.717) is 0 Å². The van der Waals surface area contributed by atoms with Crippen molar-refractivity contribution in [2.24, 2.45) is 0 Å². The van der Waals surface area contributed by atoms with E-state index in [4.69, 9.17) is 0 Å². The molecule has 0 aliphatic rings. The first-order chi connectivity index (χ1) is 5.75. The lowest BCUT2D eigenvalue weighted by atomic mass is 10.2. The minimum absolute atomic E-state index is 0.101. The number of methoxy groups -OCH3 is 1. The van der Waals surface area contributed by atoms with E-state index in [1.165, 1.54) is 12.3 Å². The van der Waals surface area contributed by atoms with Crippen LogP contribution in [0.5, 0.6) is 0 Å². The molecular weight excluding hydrogens is 158 g/mol. The predicted molar refractivity (Wildman–Crippen MR) is 40.6 cm³/mol. The van der Waals surface area contributed by atoms with Gasteiger partial charge in [0, 0.05) is 6.20 Å². The second-order valence-corrected chi connectivity index (χ2v) is 2.04. The number of aromatic nitrogens is 1. The van der Waals surface area contributed by atoms with E-state index >= 15 is 0 Å². The molecule has 0 atom stereocenters. The zero-order valence-corrected chi connectivity index (χ0v) is 6.48. The van der Waals surface area contributed by atoms with Gasteiger partial charge in [0.15, 0.2) is 0 Å². The van der Waals surface area contributed by atoms with E-state index in [9.17, 15) is 9.59 Å². The van der Waals surface area contributed by atoms with Crippen LogP contribution >= 0.6 is 0 Å². The largest absolute Gasteiger partial charge is 0.463 e. The molecule has 0 aromatic carbocycles. The first-order valence-corrected chi connectivity index (χ1v) is 3.29. The van der Waals surface area contributed by atoms with Gasteiger partial charge in [0.2, 0.25) is 0 Å². The molecule has 0 radical (unpaired) electrons. The highest BCUT2D eigenvalue weighted by atomic mass is 16.5. The summed E-state index contributed by atoms with van der Waals surface area (Å²) in [5.41, 5.74) is 0.101. The van der Waals surface area contributed by atoms with Crippen LogP contribution in [-0.2, 0) is 9.53 Å². The number of ether oxygens (including phenoxy) is 1. The Hall–Kier alpha value is -1.71. The second kappa shape index (κ2) is 3.61. The normalized spacial score (nSPS) is 9.08. The average molecular weight is 165 g/mol. The number of rotatable bonds is 2. The summed E-state index contributed by atoms with van der Waals surface area (Å²) in [6.45, 7) is 0. The number of ketones is 1. The number of pyridine rings is 1. The van der Waals surface area contributed by atoms with Crippen LogP contribution in [0.15, 0.2) is 24.4 Å². The van der Waals surface area contributed by atoms with Crippen LogP contribution in [0.25, 0.3) is 0 Å². The van der Waals surface area contributed by atoms with Gasteiger partial charge in [-0.2, -0.15) is 0 Å². The highest BCUT2D eigenvalue weighted by Crippen LogP contribution is 1.95. The van der Waals surface area contributed by atoms with E-state index in [0.717, 1.165) is 7.11 Å². The molecule has 0 N–H and O–H groups in total. The van der Waals surface area contributed by atoms with Crippen molar-refractivity contribution in [1.29, 1.82) is 0 Å². The van der Waals surface area contributed by atoms with Gasteiger partial charge in [0.1, 0.15) is 5.69 Å². The third kappa shape index (κ3) is 1.66. The smallest absolute Gasteiger partial charge is 0.381 e. The molecule has 0 spiro atoms. The molecule has 0 unspecified atom stereocenters. The summed E-state index contributed by atoms with van der Waals surface area (Å²) in [5, 5.41) is 0. The van der Waals surface area contributed by atoms with Gasteiger partial charge in [0.05, 0.1) is 7.11 Å². The third-order valence-corrected chi connectivity index (χ3v) is 1.27. The fourth-order valence-corrected chi connectivity index (χ4v) is 0.694. The Kier molecular flexibility index (Phi) is 2.53. The van der Waals surface area contributed by atoms with Gasteiger partial charge in [-0.15, -0.1) is 0 Å². The molecule has 12 heavy (non-hydrogen) atoms. The van der Waals surface area contributed by atoms with Crippen molar-refractivity contribution in [1.82, 2.24) is 4.98 Å². The summed E-state index contributed by atoms with van der Waals surface area (Å²) in [6, 6.07) is 4.75. The van der Waals surface area contributed by atoms with E-state index < -0.39 is 11.8 Å². The maximum absolute atomic E-state index is 11.0. The number of hydrogen-bond acceptors (Lipinski definition) is 4. The standard InChI is InChI=1S/C8H7NO3/c1-12-8(11)7(10)6-4-2-3-5-9-6/h2-5H,1H3.